The molecule has 1 aromatic heterocycles. The van der Waals surface area contributed by atoms with Gasteiger partial charge in [-0.25, -0.2) is 4.79 Å². The molecule has 0 aliphatic rings. The van der Waals surface area contributed by atoms with Crippen LogP contribution in [0.15, 0.2) is 24.5 Å². The summed E-state index contributed by atoms with van der Waals surface area (Å²) in [4.78, 5) is 26.4. The Kier molecular flexibility index (Phi) is 4.60. The van der Waals surface area contributed by atoms with E-state index in [0.717, 1.165) is 0 Å². The molecule has 0 unspecified atom stereocenters. The molecular formula is C11H14N2O3. The summed E-state index contributed by atoms with van der Waals surface area (Å²) in [5.74, 6) is -1.23. The van der Waals surface area contributed by atoms with Gasteiger partial charge in [0.1, 0.15) is 0 Å². The Morgan fingerprint density at radius 1 is 1.56 bits per heavy atom. The lowest BCUT2D eigenvalue weighted by atomic mass is 10.1. The van der Waals surface area contributed by atoms with Crippen molar-refractivity contribution in [1.29, 1.82) is 0 Å². The second-order valence-corrected chi connectivity index (χ2v) is 3.55. The SMILES string of the molecule is C[C@@H](CN)CC(=O)OC(=O)c1cccnc1. The predicted molar refractivity (Wildman–Crippen MR) is 57.5 cm³/mol. The molecule has 0 aliphatic carbocycles. The monoisotopic (exact) mass is 222 g/mol. The minimum absolute atomic E-state index is 0.00852. The molecule has 1 aromatic rings. The molecular weight excluding hydrogens is 208 g/mol. The minimum atomic E-state index is -0.678. The van der Waals surface area contributed by atoms with E-state index in [1.165, 1.54) is 18.5 Å². The zero-order valence-corrected chi connectivity index (χ0v) is 9.05. The van der Waals surface area contributed by atoms with Crippen molar-refractivity contribution in [3.8, 4) is 0 Å². The van der Waals surface area contributed by atoms with Crippen molar-refractivity contribution in [3.05, 3.63) is 30.1 Å². The molecule has 5 nitrogen and oxygen atoms in total. The number of carbonyl (C=O) groups excluding carboxylic acids is 2. The molecule has 0 saturated heterocycles. The number of pyridine rings is 1. The van der Waals surface area contributed by atoms with Crippen LogP contribution in [0, 0.1) is 5.92 Å². The molecule has 1 atom stereocenters. The summed E-state index contributed by atoms with van der Waals surface area (Å²) in [5.41, 5.74) is 5.62. The van der Waals surface area contributed by atoms with Gasteiger partial charge in [0.2, 0.25) is 0 Å². The van der Waals surface area contributed by atoms with Crippen LogP contribution in [0.2, 0.25) is 0 Å². The average Bonchev–Trinajstić information content (AvgIpc) is 2.29. The summed E-state index contributed by atoms with van der Waals surface area (Å²) in [5, 5.41) is 0. The predicted octanol–water partition coefficient (Wildman–Crippen LogP) is 0.750. The molecule has 1 rings (SSSR count). The van der Waals surface area contributed by atoms with Crippen LogP contribution in [0.5, 0.6) is 0 Å². The van der Waals surface area contributed by atoms with Gasteiger partial charge in [0.05, 0.1) is 5.56 Å². The first-order valence-electron chi connectivity index (χ1n) is 4.98. The van der Waals surface area contributed by atoms with Crippen molar-refractivity contribution in [3.63, 3.8) is 0 Å². The number of esters is 2. The van der Waals surface area contributed by atoms with E-state index in [1.54, 1.807) is 6.07 Å². The topological polar surface area (TPSA) is 82.3 Å². The van der Waals surface area contributed by atoms with Gasteiger partial charge in [-0.1, -0.05) is 6.92 Å². The number of hydrogen-bond donors (Lipinski definition) is 1. The molecule has 0 aliphatic heterocycles. The second-order valence-electron chi connectivity index (χ2n) is 3.55. The fraction of sp³-hybridized carbons (Fsp3) is 0.364. The second kappa shape index (κ2) is 5.97. The van der Waals surface area contributed by atoms with E-state index in [1.807, 2.05) is 6.92 Å². The highest BCUT2D eigenvalue weighted by atomic mass is 16.6. The molecule has 1 heterocycles. The normalized spacial score (nSPS) is 11.9. The van der Waals surface area contributed by atoms with Gasteiger partial charge in [-0.2, -0.15) is 0 Å². The number of ether oxygens (including phenoxy) is 1. The highest BCUT2D eigenvalue weighted by Gasteiger charge is 2.15. The number of hydrogen-bond acceptors (Lipinski definition) is 5. The van der Waals surface area contributed by atoms with Crippen LogP contribution < -0.4 is 5.73 Å². The lowest BCUT2D eigenvalue weighted by Gasteiger charge is -2.06. The maximum atomic E-state index is 11.4. The Labute approximate surface area is 93.6 Å². The van der Waals surface area contributed by atoms with Crippen LogP contribution in [0.4, 0.5) is 0 Å². The van der Waals surface area contributed by atoms with E-state index in [9.17, 15) is 9.59 Å². The van der Waals surface area contributed by atoms with E-state index >= 15 is 0 Å². The van der Waals surface area contributed by atoms with Crippen molar-refractivity contribution in [2.24, 2.45) is 11.7 Å². The van der Waals surface area contributed by atoms with Crippen LogP contribution in [-0.4, -0.2) is 23.5 Å². The third-order valence-electron chi connectivity index (χ3n) is 2.02. The van der Waals surface area contributed by atoms with E-state index in [4.69, 9.17) is 5.73 Å². The maximum absolute atomic E-state index is 11.4. The van der Waals surface area contributed by atoms with Crippen molar-refractivity contribution in [1.82, 2.24) is 4.98 Å². The summed E-state index contributed by atoms with van der Waals surface area (Å²) in [7, 11) is 0. The van der Waals surface area contributed by atoms with Crippen LogP contribution in [0.25, 0.3) is 0 Å². The molecule has 0 fully saturated rings. The highest BCUT2D eigenvalue weighted by molar-refractivity contribution is 5.96. The van der Waals surface area contributed by atoms with E-state index in [0.29, 0.717) is 6.54 Å². The molecule has 0 spiro atoms. The Morgan fingerprint density at radius 2 is 2.31 bits per heavy atom. The summed E-state index contributed by atoms with van der Waals surface area (Å²) < 4.78 is 4.64. The summed E-state index contributed by atoms with van der Waals surface area (Å²) in [6, 6.07) is 3.14. The first kappa shape index (κ1) is 12.3. The Balaban J connectivity index is 2.49. The van der Waals surface area contributed by atoms with Crippen molar-refractivity contribution < 1.29 is 14.3 Å². The molecule has 16 heavy (non-hydrogen) atoms. The summed E-state index contributed by atoms with van der Waals surface area (Å²) >= 11 is 0. The standard InChI is InChI=1S/C11H14N2O3/c1-8(6-12)5-10(14)16-11(15)9-3-2-4-13-7-9/h2-4,7-8H,5-6,12H2,1H3/t8-/m1/s1. The van der Waals surface area contributed by atoms with Crippen molar-refractivity contribution in [2.45, 2.75) is 13.3 Å². The first-order valence-corrected chi connectivity index (χ1v) is 4.98. The van der Waals surface area contributed by atoms with Gasteiger partial charge in [-0.3, -0.25) is 9.78 Å². The number of rotatable bonds is 4. The van der Waals surface area contributed by atoms with Gasteiger partial charge in [0.15, 0.2) is 0 Å². The van der Waals surface area contributed by atoms with Crippen molar-refractivity contribution >= 4 is 11.9 Å². The van der Waals surface area contributed by atoms with Gasteiger partial charge in [0.25, 0.3) is 0 Å². The number of nitrogens with zero attached hydrogens (tertiary/aromatic N) is 1. The van der Waals surface area contributed by atoms with Gasteiger partial charge >= 0.3 is 11.9 Å². The smallest absolute Gasteiger partial charge is 0.347 e. The molecule has 86 valence electrons. The van der Waals surface area contributed by atoms with E-state index in [2.05, 4.69) is 9.72 Å². The summed E-state index contributed by atoms with van der Waals surface area (Å²) in [6.45, 7) is 2.20. The van der Waals surface area contributed by atoms with Gasteiger partial charge in [0, 0.05) is 18.8 Å². The maximum Gasteiger partial charge on any atom is 0.347 e. The Morgan fingerprint density at radius 3 is 2.88 bits per heavy atom. The van der Waals surface area contributed by atoms with Crippen LogP contribution in [0.3, 0.4) is 0 Å². The molecule has 0 aromatic carbocycles. The zero-order chi connectivity index (χ0) is 12.0. The van der Waals surface area contributed by atoms with E-state index in [-0.39, 0.29) is 17.9 Å². The van der Waals surface area contributed by atoms with Crippen LogP contribution in [0.1, 0.15) is 23.7 Å². The fourth-order valence-corrected chi connectivity index (χ4v) is 1.06. The lowest BCUT2D eigenvalue weighted by Crippen LogP contribution is -2.19. The minimum Gasteiger partial charge on any atom is -0.389 e. The molecule has 0 radical (unpaired) electrons. The highest BCUT2D eigenvalue weighted by Crippen LogP contribution is 2.04. The third kappa shape index (κ3) is 3.78. The van der Waals surface area contributed by atoms with Crippen LogP contribution >= 0.6 is 0 Å². The molecule has 5 heteroatoms. The van der Waals surface area contributed by atoms with Gasteiger partial charge in [-0.15, -0.1) is 0 Å². The molecule has 2 N–H and O–H groups in total. The fourth-order valence-electron chi connectivity index (χ4n) is 1.06. The average molecular weight is 222 g/mol. The first-order chi connectivity index (χ1) is 7.63. The quantitative estimate of drug-likeness (QED) is 0.600. The third-order valence-corrected chi connectivity index (χ3v) is 2.02. The van der Waals surface area contributed by atoms with Crippen molar-refractivity contribution in [2.75, 3.05) is 6.54 Å². The van der Waals surface area contributed by atoms with E-state index < -0.39 is 11.9 Å². The van der Waals surface area contributed by atoms with Gasteiger partial charge in [-0.05, 0) is 24.6 Å². The number of aromatic nitrogens is 1. The largest absolute Gasteiger partial charge is 0.389 e. The van der Waals surface area contributed by atoms with Crippen LogP contribution in [-0.2, 0) is 9.53 Å². The number of carbonyl (C=O) groups is 2. The number of nitrogens with two attached hydrogens (primary N) is 1. The molecule has 0 bridgehead atoms. The lowest BCUT2D eigenvalue weighted by molar-refractivity contribution is -0.138. The summed E-state index contributed by atoms with van der Waals surface area (Å²) in [6.07, 6.45) is 3.03. The van der Waals surface area contributed by atoms with Gasteiger partial charge < -0.3 is 10.5 Å². The zero-order valence-electron chi connectivity index (χ0n) is 9.05. The Bertz CT molecular complexity index is 365. The molecule has 0 saturated carbocycles. The molecule has 0 amide bonds. The Hall–Kier alpha value is -1.75.